The Bertz CT molecular complexity index is 1720. The lowest BCUT2D eigenvalue weighted by molar-refractivity contribution is -0.152. The van der Waals surface area contributed by atoms with E-state index < -0.39 is 38.9 Å². The second-order valence-electron chi connectivity index (χ2n) is 11.6. The molecule has 1 aliphatic carbocycles. The smallest absolute Gasteiger partial charge is 0.419 e. The maximum absolute atomic E-state index is 13.8. The molecule has 2 aliphatic heterocycles. The molecule has 2 aromatic carbocycles. The number of esters is 1. The van der Waals surface area contributed by atoms with E-state index in [0.717, 1.165) is 23.3 Å². The summed E-state index contributed by atoms with van der Waals surface area (Å²) in [7, 11) is -3.26. The third-order valence-corrected chi connectivity index (χ3v) is 8.12. The first-order valence-electron chi connectivity index (χ1n) is 15.6. The number of hydrazone groups is 1. The molecule has 0 aromatic heterocycles. The molecule has 1 fully saturated rings. The minimum absolute atomic E-state index is 0.0748. The molecule has 2 heterocycles. The van der Waals surface area contributed by atoms with Crippen LogP contribution in [0, 0.1) is 12.8 Å². The molecule has 17 heteroatoms. The molecule has 0 radical (unpaired) electrons. The average Bonchev–Trinajstić information content (AvgIpc) is 3.83. The number of nitrogens with zero attached hydrogens (tertiary/aromatic N) is 4. The van der Waals surface area contributed by atoms with Gasteiger partial charge in [0, 0.05) is 23.8 Å². The number of anilines is 1. The van der Waals surface area contributed by atoms with E-state index in [1.54, 1.807) is 24.1 Å². The number of fused-ring (bicyclic) bond motifs is 1. The first kappa shape index (κ1) is 35.3. The van der Waals surface area contributed by atoms with Gasteiger partial charge in [-0.05, 0) is 74.1 Å². The SMILES string of the molecule is CCCN(C(=O)OCOC(=O)Cc1ccc(OO[PH](=O)O)cc1)C(=O)C1CN2N=CN=C(Nc3cc(C(=O)NC4CC4)ccc3C)C2=C1C. The zero-order valence-electron chi connectivity index (χ0n) is 27.1. The lowest BCUT2D eigenvalue weighted by atomic mass is 10.00. The summed E-state index contributed by atoms with van der Waals surface area (Å²) in [5.41, 5.74) is 3.84. The van der Waals surface area contributed by atoms with Gasteiger partial charge in [0.25, 0.3) is 5.91 Å². The van der Waals surface area contributed by atoms with Gasteiger partial charge in [-0.15, -0.1) is 4.67 Å². The van der Waals surface area contributed by atoms with Crippen LogP contribution in [-0.4, -0.2) is 76.8 Å². The van der Waals surface area contributed by atoms with E-state index >= 15 is 0 Å². The Kier molecular flexibility index (Phi) is 11.4. The normalized spacial score (nSPS) is 17.1. The van der Waals surface area contributed by atoms with Gasteiger partial charge in [0.05, 0.1) is 18.9 Å². The maximum atomic E-state index is 13.8. The number of hydrogen-bond donors (Lipinski definition) is 3. The summed E-state index contributed by atoms with van der Waals surface area (Å²) in [6.07, 6.45) is 2.67. The van der Waals surface area contributed by atoms with Crippen LogP contribution in [0.2, 0.25) is 0 Å². The van der Waals surface area contributed by atoms with E-state index in [4.69, 9.17) is 14.4 Å². The van der Waals surface area contributed by atoms with Crippen LogP contribution in [-0.2, 0) is 34.7 Å². The fourth-order valence-electron chi connectivity index (χ4n) is 5.16. The summed E-state index contributed by atoms with van der Waals surface area (Å²) in [5, 5.41) is 12.3. The van der Waals surface area contributed by atoms with Crippen LogP contribution in [0.5, 0.6) is 5.75 Å². The highest BCUT2D eigenvalue weighted by Crippen LogP contribution is 2.33. The van der Waals surface area contributed by atoms with Gasteiger partial charge in [-0.3, -0.25) is 24.0 Å². The number of amides is 3. The van der Waals surface area contributed by atoms with Crippen molar-refractivity contribution >= 4 is 50.0 Å². The zero-order chi connectivity index (χ0) is 35.1. The monoisotopic (exact) mass is 696 g/mol. The molecule has 0 saturated heterocycles. The van der Waals surface area contributed by atoms with Gasteiger partial charge in [0.1, 0.15) is 12.0 Å². The summed E-state index contributed by atoms with van der Waals surface area (Å²) >= 11 is 0. The highest BCUT2D eigenvalue weighted by molar-refractivity contribution is 7.31. The number of imide groups is 1. The van der Waals surface area contributed by atoms with Crippen LogP contribution in [0.1, 0.15) is 54.6 Å². The Morgan fingerprint density at radius 1 is 1.08 bits per heavy atom. The van der Waals surface area contributed by atoms with Crippen LogP contribution in [0.25, 0.3) is 0 Å². The highest BCUT2D eigenvalue weighted by Gasteiger charge is 2.41. The number of aliphatic imine (C=N–C) groups is 1. The molecule has 2 unspecified atom stereocenters. The largest absolute Gasteiger partial charge is 0.428 e. The predicted molar refractivity (Wildman–Crippen MR) is 177 cm³/mol. The standard InChI is InChI=1S/C32H37N6O10P/c1-4-13-37(32(42)46-18-45-27(39)14-21-6-11-24(12-7-21)47-48-49(43)44)31(41)25-16-38-28(20(25)3)29(33-17-34-38)36-26-15-22(8-5-19(26)2)30(40)35-23-9-10-23/h5-8,11-12,15,17,23,25,49H,4,9-10,13-14,16,18H2,1-3H3,(H,35,40)(H,43,44)(H,33,34,36). The molecule has 3 amide bonds. The Labute approximate surface area is 282 Å². The van der Waals surface area contributed by atoms with Crippen molar-refractivity contribution in [3.8, 4) is 5.75 Å². The van der Waals surface area contributed by atoms with Crippen LogP contribution >= 0.6 is 8.25 Å². The molecule has 3 N–H and O–H groups in total. The molecule has 16 nitrogen and oxygen atoms in total. The quantitative estimate of drug-likeness (QED) is 0.0905. The number of rotatable bonds is 13. The van der Waals surface area contributed by atoms with E-state index in [2.05, 4.69) is 30.3 Å². The molecule has 0 bridgehead atoms. The average molecular weight is 697 g/mol. The van der Waals surface area contributed by atoms with Crippen molar-refractivity contribution in [1.29, 1.82) is 0 Å². The Morgan fingerprint density at radius 2 is 1.84 bits per heavy atom. The van der Waals surface area contributed by atoms with Gasteiger partial charge >= 0.3 is 20.3 Å². The lowest BCUT2D eigenvalue weighted by Gasteiger charge is -2.24. The summed E-state index contributed by atoms with van der Waals surface area (Å²) < 4.78 is 25.0. The number of carbonyl (C=O) groups excluding carboxylic acids is 4. The first-order valence-corrected chi connectivity index (χ1v) is 16.9. The number of benzene rings is 2. The van der Waals surface area contributed by atoms with Crippen molar-refractivity contribution in [2.45, 2.75) is 52.5 Å². The van der Waals surface area contributed by atoms with E-state index in [9.17, 15) is 23.7 Å². The van der Waals surface area contributed by atoms with Gasteiger partial charge in [-0.25, -0.2) is 14.7 Å². The molecule has 2 atom stereocenters. The minimum atomic E-state index is -3.26. The molecule has 5 rings (SSSR count). The Balaban J connectivity index is 1.19. The molecule has 3 aliphatic rings. The number of nitrogens with one attached hydrogen (secondary N) is 2. The van der Waals surface area contributed by atoms with Crippen molar-refractivity contribution in [1.82, 2.24) is 15.2 Å². The summed E-state index contributed by atoms with van der Waals surface area (Å²) in [6, 6.07) is 11.5. The first-order chi connectivity index (χ1) is 23.5. The van der Waals surface area contributed by atoms with Crippen molar-refractivity contribution in [3.63, 3.8) is 0 Å². The molecule has 260 valence electrons. The van der Waals surface area contributed by atoms with Crippen LogP contribution in [0.3, 0.4) is 0 Å². The molecule has 0 spiro atoms. The van der Waals surface area contributed by atoms with Gasteiger partial charge in [-0.1, -0.05) is 25.1 Å². The predicted octanol–water partition coefficient (Wildman–Crippen LogP) is 3.67. The second kappa shape index (κ2) is 15.9. The van der Waals surface area contributed by atoms with Gasteiger partial charge in [0.15, 0.2) is 11.6 Å². The topological polar surface area (TPSA) is 198 Å². The van der Waals surface area contributed by atoms with E-state index in [0.29, 0.717) is 40.3 Å². The summed E-state index contributed by atoms with van der Waals surface area (Å²) in [5.74, 6) is -1.48. The number of ether oxygens (including phenoxy) is 2. The van der Waals surface area contributed by atoms with E-state index in [-0.39, 0.29) is 37.2 Å². The van der Waals surface area contributed by atoms with Crippen LogP contribution in [0.15, 0.2) is 63.8 Å². The summed E-state index contributed by atoms with van der Waals surface area (Å²) in [6.45, 7) is 5.03. The fourth-order valence-corrected chi connectivity index (χ4v) is 5.33. The second-order valence-corrected chi connectivity index (χ2v) is 12.3. The number of amidine groups is 1. The van der Waals surface area contributed by atoms with Crippen molar-refractivity contribution < 1.29 is 47.7 Å². The maximum Gasteiger partial charge on any atom is 0.419 e. The molecular formula is C32H37N6O10P. The van der Waals surface area contributed by atoms with Gasteiger partial charge in [-0.2, -0.15) is 5.10 Å². The summed E-state index contributed by atoms with van der Waals surface area (Å²) in [4.78, 5) is 70.5. The van der Waals surface area contributed by atoms with Gasteiger partial charge in [0.2, 0.25) is 12.7 Å². The number of hydrogen-bond acceptors (Lipinski definition) is 13. The Morgan fingerprint density at radius 3 is 2.53 bits per heavy atom. The molecule has 1 saturated carbocycles. The highest BCUT2D eigenvalue weighted by atomic mass is 31.1. The molecule has 49 heavy (non-hydrogen) atoms. The fraction of sp³-hybridized carbons (Fsp3) is 0.375. The molecular weight excluding hydrogens is 659 g/mol. The number of aryl methyl sites for hydroxylation is 1. The van der Waals surface area contributed by atoms with Crippen molar-refractivity contribution in [3.05, 3.63) is 70.4 Å². The minimum Gasteiger partial charge on any atom is -0.428 e. The van der Waals surface area contributed by atoms with E-state index in [1.165, 1.54) is 30.6 Å². The third-order valence-electron chi connectivity index (χ3n) is 7.89. The lowest BCUT2D eigenvalue weighted by Crippen LogP contribution is -2.43. The van der Waals surface area contributed by atoms with Crippen LogP contribution in [0.4, 0.5) is 10.5 Å². The van der Waals surface area contributed by atoms with Crippen molar-refractivity contribution in [2.24, 2.45) is 16.0 Å². The molecule has 2 aromatic rings. The zero-order valence-corrected chi connectivity index (χ0v) is 28.1. The van der Waals surface area contributed by atoms with E-state index in [1.807, 2.05) is 19.9 Å². The van der Waals surface area contributed by atoms with Crippen molar-refractivity contribution in [2.75, 3.05) is 25.2 Å². The van der Waals surface area contributed by atoms with Crippen LogP contribution < -0.4 is 15.5 Å². The van der Waals surface area contributed by atoms with Gasteiger partial charge < -0.3 is 29.9 Å². The third kappa shape index (κ3) is 9.10. The Hall–Kier alpha value is -5.05. The number of carbonyl (C=O) groups is 4.